The first-order valence-corrected chi connectivity index (χ1v) is 6.66. The summed E-state index contributed by atoms with van der Waals surface area (Å²) in [4.78, 5) is 14.0. The van der Waals surface area contributed by atoms with Gasteiger partial charge in [-0.3, -0.25) is 4.79 Å². The number of carbonyl (C=O) groups excluding carboxylic acids is 1. The maximum atomic E-state index is 12.2. The number of methoxy groups -OCH3 is 1. The van der Waals surface area contributed by atoms with Crippen LogP contribution >= 0.6 is 0 Å². The summed E-state index contributed by atoms with van der Waals surface area (Å²) in [5, 5.41) is 0. The molecule has 0 saturated carbocycles. The Morgan fingerprint density at radius 3 is 2.63 bits per heavy atom. The molecule has 0 aliphatic heterocycles. The van der Waals surface area contributed by atoms with Gasteiger partial charge in [0.15, 0.2) is 0 Å². The van der Waals surface area contributed by atoms with E-state index in [1.165, 1.54) is 0 Å². The van der Waals surface area contributed by atoms with Crippen LogP contribution in [0.5, 0.6) is 5.75 Å². The van der Waals surface area contributed by atoms with Crippen LogP contribution in [0.25, 0.3) is 0 Å². The highest BCUT2D eigenvalue weighted by molar-refractivity contribution is 5.81. The SMILES string of the molecule is CCN(Cc1cccc(OC)c1)C(=O)[C@@H](N)C(C)C. The van der Waals surface area contributed by atoms with Gasteiger partial charge in [0.05, 0.1) is 13.2 Å². The third-order valence-electron chi connectivity index (χ3n) is 3.20. The van der Waals surface area contributed by atoms with Crippen molar-refractivity contribution >= 4 is 5.91 Å². The van der Waals surface area contributed by atoms with Crippen LogP contribution in [0.1, 0.15) is 26.3 Å². The van der Waals surface area contributed by atoms with E-state index in [1.54, 1.807) is 12.0 Å². The molecule has 1 amide bonds. The molecule has 0 saturated heterocycles. The van der Waals surface area contributed by atoms with Crippen molar-refractivity contribution in [3.8, 4) is 5.75 Å². The molecule has 0 aliphatic carbocycles. The van der Waals surface area contributed by atoms with Crippen LogP contribution in [0.4, 0.5) is 0 Å². The maximum absolute atomic E-state index is 12.2. The van der Waals surface area contributed by atoms with Crippen LogP contribution in [-0.2, 0) is 11.3 Å². The van der Waals surface area contributed by atoms with Gasteiger partial charge in [-0.1, -0.05) is 26.0 Å². The van der Waals surface area contributed by atoms with E-state index in [0.717, 1.165) is 11.3 Å². The molecule has 0 heterocycles. The molecule has 2 N–H and O–H groups in total. The van der Waals surface area contributed by atoms with Crippen LogP contribution < -0.4 is 10.5 Å². The minimum absolute atomic E-state index is 0.000296. The fourth-order valence-corrected chi connectivity index (χ4v) is 1.83. The number of nitrogens with two attached hydrogens (primary N) is 1. The Labute approximate surface area is 115 Å². The normalized spacial score (nSPS) is 12.3. The monoisotopic (exact) mass is 264 g/mol. The number of amides is 1. The molecule has 19 heavy (non-hydrogen) atoms. The van der Waals surface area contributed by atoms with Crippen molar-refractivity contribution in [2.45, 2.75) is 33.4 Å². The van der Waals surface area contributed by atoms with Gasteiger partial charge >= 0.3 is 0 Å². The first-order chi connectivity index (χ1) is 8.99. The van der Waals surface area contributed by atoms with E-state index < -0.39 is 6.04 Å². The summed E-state index contributed by atoms with van der Waals surface area (Å²) in [5.74, 6) is 0.946. The topological polar surface area (TPSA) is 55.6 Å². The Kier molecular flexibility index (Phi) is 5.83. The van der Waals surface area contributed by atoms with Gasteiger partial charge in [-0.25, -0.2) is 0 Å². The van der Waals surface area contributed by atoms with Crippen LogP contribution in [0.3, 0.4) is 0 Å². The molecule has 0 spiro atoms. The average Bonchev–Trinajstić information content (AvgIpc) is 2.43. The summed E-state index contributed by atoms with van der Waals surface area (Å²) in [5.41, 5.74) is 6.98. The lowest BCUT2D eigenvalue weighted by atomic mass is 10.0. The van der Waals surface area contributed by atoms with Crippen LogP contribution in [0.15, 0.2) is 24.3 Å². The van der Waals surface area contributed by atoms with Gasteiger partial charge in [-0.15, -0.1) is 0 Å². The van der Waals surface area contributed by atoms with E-state index in [2.05, 4.69) is 0 Å². The van der Waals surface area contributed by atoms with Gasteiger partial charge in [0, 0.05) is 13.1 Å². The fraction of sp³-hybridized carbons (Fsp3) is 0.533. The van der Waals surface area contributed by atoms with E-state index >= 15 is 0 Å². The predicted octanol–water partition coefficient (Wildman–Crippen LogP) is 2.03. The van der Waals surface area contributed by atoms with Crippen molar-refractivity contribution in [2.24, 2.45) is 11.7 Å². The van der Waals surface area contributed by atoms with Crippen molar-refractivity contribution in [1.82, 2.24) is 4.90 Å². The Hall–Kier alpha value is -1.55. The average molecular weight is 264 g/mol. The van der Waals surface area contributed by atoms with Crippen molar-refractivity contribution in [2.75, 3.05) is 13.7 Å². The van der Waals surface area contributed by atoms with Gasteiger partial charge in [0.1, 0.15) is 5.75 Å². The Morgan fingerprint density at radius 2 is 2.11 bits per heavy atom. The van der Waals surface area contributed by atoms with Gasteiger partial charge in [-0.05, 0) is 30.5 Å². The Bertz CT molecular complexity index is 418. The second-order valence-corrected chi connectivity index (χ2v) is 4.97. The molecular weight excluding hydrogens is 240 g/mol. The largest absolute Gasteiger partial charge is 0.497 e. The second kappa shape index (κ2) is 7.14. The molecule has 1 atom stereocenters. The highest BCUT2D eigenvalue weighted by Gasteiger charge is 2.22. The molecule has 1 aromatic carbocycles. The minimum atomic E-state index is -0.439. The smallest absolute Gasteiger partial charge is 0.240 e. The lowest BCUT2D eigenvalue weighted by Crippen LogP contribution is -2.46. The lowest BCUT2D eigenvalue weighted by molar-refractivity contribution is -0.134. The van der Waals surface area contributed by atoms with Gasteiger partial charge < -0.3 is 15.4 Å². The molecule has 0 aliphatic rings. The van der Waals surface area contributed by atoms with E-state index in [-0.39, 0.29) is 11.8 Å². The van der Waals surface area contributed by atoms with Crippen LogP contribution in [0, 0.1) is 5.92 Å². The number of ether oxygens (including phenoxy) is 1. The molecule has 106 valence electrons. The van der Waals surface area contributed by atoms with Crippen molar-refractivity contribution in [3.63, 3.8) is 0 Å². The van der Waals surface area contributed by atoms with Crippen LogP contribution in [0.2, 0.25) is 0 Å². The maximum Gasteiger partial charge on any atom is 0.240 e. The molecule has 4 nitrogen and oxygen atoms in total. The Balaban J connectivity index is 2.78. The second-order valence-electron chi connectivity index (χ2n) is 4.97. The first kappa shape index (κ1) is 15.5. The molecule has 1 aromatic rings. The van der Waals surface area contributed by atoms with E-state index in [0.29, 0.717) is 13.1 Å². The third-order valence-corrected chi connectivity index (χ3v) is 3.20. The molecule has 0 radical (unpaired) electrons. The van der Waals surface area contributed by atoms with Crippen LogP contribution in [-0.4, -0.2) is 30.5 Å². The zero-order valence-electron chi connectivity index (χ0n) is 12.2. The summed E-state index contributed by atoms with van der Waals surface area (Å²) < 4.78 is 5.19. The summed E-state index contributed by atoms with van der Waals surface area (Å²) >= 11 is 0. The zero-order valence-corrected chi connectivity index (χ0v) is 12.2. The number of carbonyl (C=O) groups is 1. The molecule has 0 unspecified atom stereocenters. The van der Waals surface area contributed by atoms with Crippen molar-refractivity contribution in [3.05, 3.63) is 29.8 Å². The lowest BCUT2D eigenvalue weighted by Gasteiger charge is -2.26. The fourth-order valence-electron chi connectivity index (χ4n) is 1.83. The predicted molar refractivity (Wildman–Crippen MR) is 76.9 cm³/mol. The molecule has 0 aromatic heterocycles. The van der Waals surface area contributed by atoms with E-state index in [1.807, 2.05) is 45.0 Å². The van der Waals surface area contributed by atoms with E-state index in [4.69, 9.17) is 10.5 Å². The first-order valence-electron chi connectivity index (χ1n) is 6.66. The summed E-state index contributed by atoms with van der Waals surface area (Å²) in [6.07, 6.45) is 0. The number of likely N-dealkylation sites (N-methyl/N-ethyl adjacent to an activating group) is 1. The molecule has 1 rings (SSSR count). The summed E-state index contributed by atoms with van der Waals surface area (Å²) in [7, 11) is 1.64. The standard InChI is InChI=1S/C15H24N2O2/c1-5-17(15(18)14(16)11(2)3)10-12-7-6-8-13(9-12)19-4/h6-9,11,14H,5,10,16H2,1-4H3/t14-/m0/s1. The van der Waals surface area contributed by atoms with E-state index in [9.17, 15) is 4.79 Å². The molecule has 0 fully saturated rings. The zero-order chi connectivity index (χ0) is 14.4. The highest BCUT2D eigenvalue weighted by Crippen LogP contribution is 2.15. The summed E-state index contributed by atoms with van der Waals surface area (Å²) in [6.45, 7) is 7.10. The summed E-state index contributed by atoms with van der Waals surface area (Å²) in [6, 6.07) is 7.30. The molecule has 0 bridgehead atoms. The number of nitrogens with zero attached hydrogens (tertiary/aromatic N) is 1. The van der Waals surface area contributed by atoms with Crippen molar-refractivity contribution in [1.29, 1.82) is 0 Å². The Morgan fingerprint density at radius 1 is 1.42 bits per heavy atom. The quantitative estimate of drug-likeness (QED) is 0.855. The minimum Gasteiger partial charge on any atom is -0.497 e. The van der Waals surface area contributed by atoms with Crippen molar-refractivity contribution < 1.29 is 9.53 Å². The molecular formula is C15H24N2O2. The van der Waals surface area contributed by atoms with Gasteiger partial charge in [0.2, 0.25) is 5.91 Å². The molecule has 4 heteroatoms. The number of benzene rings is 1. The highest BCUT2D eigenvalue weighted by atomic mass is 16.5. The number of rotatable bonds is 6. The number of hydrogen-bond donors (Lipinski definition) is 1. The number of hydrogen-bond acceptors (Lipinski definition) is 3. The third kappa shape index (κ3) is 4.24. The van der Waals surface area contributed by atoms with Gasteiger partial charge in [0.25, 0.3) is 0 Å². The van der Waals surface area contributed by atoms with Gasteiger partial charge in [-0.2, -0.15) is 0 Å².